The second-order valence-electron chi connectivity index (χ2n) is 4.25. The lowest BCUT2D eigenvalue weighted by Crippen LogP contribution is -2.37. The quantitative estimate of drug-likeness (QED) is 0.841. The van der Waals surface area contributed by atoms with Gasteiger partial charge in [-0.3, -0.25) is 9.59 Å². The maximum absolute atomic E-state index is 11.9. The Hall–Kier alpha value is -1.55. The van der Waals surface area contributed by atoms with Crippen molar-refractivity contribution in [1.29, 1.82) is 0 Å². The number of rotatable bonds is 4. The molecule has 0 bridgehead atoms. The van der Waals surface area contributed by atoms with Gasteiger partial charge in [-0.2, -0.15) is 0 Å². The number of carbonyl (C=O) groups excluding carboxylic acids is 2. The van der Waals surface area contributed by atoms with Crippen LogP contribution in [0.15, 0.2) is 30.3 Å². The zero-order valence-electron chi connectivity index (χ0n) is 9.93. The van der Waals surface area contributed by atoms with Crippen LogP contribution in [0.3, 0.4) is 0 Å². The smallest absolute Gasteiger partial charge is 0.229 e. The summed E-state index contributed by atoms with van der Waals surface area (Å²) in [5, 5.41) is 2.82. The molecule has 2 amide bonds. The highest BCUT2D eigenvalue weighted by Gasteiger charge is 2.31. The lowest BCUT2D eigenvalue weighted by molar-refractivity contribution is -0.121. The number of carbonyl (C=O) groups is 2. The largest absolute Gasteiger partial charge is 0.351 e. The summed E-state index contributed by atoms with van der Waals surface area (Å²) in [4.78, 5) is 25.0. The Morgan fingerprint density at radius 3 is 2.78 bits per heavy atom. The minimum Gasteiger partial charge on any atom is -0.351 e. The Balaban J connectivity index is 1.97. The molecule has 2 rings (SSSR count). The van der Waals surface area contributed by atoms with Gasteiger partial charge in [0.25, 0.3) is 0 Å². The van der Waals surface area contributed by atoms with Crippen molar-refractivity contribution >= 4 is 29.1 Å². The normalized spacial score (nSPS) is 19.1. The van der Waals surface area contributed by atoms with Crippen molar-refractivity contribution in [3.63, 3.8) is 0 Å². The van der Waals surface area contributed by atoms with Crippen LogP contribution in [-0.4, -0.2) is 30.3 Å². The van der Waals surface area contributed by atoms with E-state index in [4.69, 9.17) is 11.6 Å². The van der Waals surface area contributed by atoms with E-state index in [1.807, 2.05) is 30.3 Å². The molecule has 1 aromatic rings. The maximum atomic E-state index is 11.9. The second kappa shape index (κ2) is 5.87. The molecule has 0 aliphatic carbocycles. The molecule has 0 unspecified atom stereocenters. The van der Waals surface area contributed by atoms with Crippen LogP contribution in [0.4, 0.5) is 5.69 Å². The van der Waals surface area contributed by atoms with Gasteiger partial charge in [-0.1, -0.05) is 18.2 Å². The predicted octanol–water partition coefficient (Wildman–Crippen LogP) is 1.54. The van der Waals surface area contributed by atoms with Gasteiger partial charge < -0.3 is 10.2 Å². The van der Waals surface area contributed by atoms with E-state index < -0.39 is 0 Å². The van der Waals surface area contributed by atoms with Crippen LogP contribution in [0.5, 0.6) is 0 Å². The van der Waals surface area contributed by atoms with Crippen LogP contribution in [0.2, 0.25) is 0 Å². The highest BCUT2D eigenvalue weighted by molar-refractivity contribution is 6.18. The first-order valence-electron chi connectivity index (χ1n) is 5.91. The molecule has 0 spiro atoms. The van der Waals surface area contributed by atoms with E-state index in [-0.39, 0.29) is 24.3 Å². The molecule has 0 saturated carbocycles. The van der Waals surface area contributed by atoms with Crippen molar-refractivity contribution in [3.05, 3.63) is 30.3 Å². The maximum Gasteiger partial charge on any atom is 0.229 e. The molecule has 18 heavy (non-hydrogen) atoms. The minimum absolute atomic E-state index is 0.0392. The van der Waals surface area contributed by atoms with Crippen LogP contribution >= 0.6 is 11.6 Å². The van der Waals surface area contributed by atoms with Crippen LogP contribution < -0.4 is 10.2 Å². The van der Waals surface area contributed by atoms with Crippen molar-refractivity contribution in [1.82, 2.24) is 5.32 Å². The van der Waals surface area contributed by atoms with Gasteiger partial charge in [0.05, 0.1) is 6.04 Å². The molecular weight excluding hydrogens is 252 g/mol. The summed E-state index contributed by atoms with van der Waals surface area (Å²) >= 11 is 5.50. The summed E-state index contributed by atoms with van der Waals surface area (Å²) in [6.07, 6.45) is 0.639. The predicted molar refractivity (Wildman–Crippen MR) is 70.7 cm³/mol. The van der Waals surface area contributed by atoms with Crippen LogP contribution in [0, 0.1) is 0 Å². The van der Waals surface area contributed by atoms with Crippen molar-refractivity contribution in [2.75, 3.05) is 17.3 Å². The molecule has 96 valence electrons. The zero-order valence-corrected chi connectivity index (χ0v) is 10.7. The van der Waals surface area contributed by atoms with E-state index in [0.29, 0.717) is 18.8 Å². The summed E-state index contributed by atoms with van der Waals surface area (Å²) in [5.74, 6) is 0.240. The van der Waals surface area contributed by atoms with Gasteiger partial charge in [0, 0.05) is 31.0 Å². The van der Waals surface area contributed by atoms with Gasteiger partial charge in [-0.15, -0.1) is 11.6 Å². The Morgan fingerprint density at radius 2 is 2.11 bits per heavy atom. The molecule has 1 aliphatic heterocycles. The molecule has 1 aromatic carbocycles. The Bertz CT molecular complexity index is 436. The Morgan fingerprint density at radius 1 is 1.39 bits per heavy atom. The lowest BCUT2D eigenvalue weighted by Gasteiger charge is -2.17. The lowest BCUT2D eigenvalue weighted by atomic mass is 10.2. The number of nitrogens with one attached hydrogen (secondary N) is 1. The molecule has 1 heterocycles. The van der Waals surface area contributed by atoms with Crippen molar-refractivity contribution in [2.45, 2.75) is 18.9 Å². The van der Waals surface area contributed by atoms with Crippen molar-refractivity contribution in [3.8, 4) is 0 Å². The molecule has 0 radical (unpaired) electrons. The van der Waals surface area contributed by atoms with E-state index in [2.05, 4.69) is 5.32 Å². The summed E-state index contributed by atoms with van der Waals surface area (Å²) in [6.45, 7) is 0.525. The summed E-state index contributed by atoms with van der Waals surface area (Å²) in [6, 6.07) is 9.35. The van der Waals surface area contributed by atoms with Crippen LogP contribution in [0.25, 0.3) is 0 Å². The molecule has 4 nitrogen and oxygen atoms in total. The average Bonchev–Trinajstić information content (AvgIpc) is 2.71. The number of anilines is 1. The fourth-order valence-corrected chi connectivity index (χ4v) is 2.22. The number of alkyl halides is 1. The standard InChI is InChI=1S/C13H15ClN2O2/c14-7-6-12(17)15-10-8-13(18)16(9-10)11-4-2-1-3-5-11/h1-5,10H,6-9H2,(H,15,17)/t10-/m0/s1. The first kappa shape index (κ1) is 12.9. The third kappa shape index (κ3) is 3.01. The summed E-state index contributed by atoms with van der Waals surface area (Å²) < 4.78 is 0. The number of nitrogens with zero attached hydrogens (tertiary/aromatic N) is 1. The number of para-hydroxylation sites is 1. The van der Waals surface area contributed by atoms with E-state index in [1.54, 1.807) is 4.90 Å². The molecule has 1 saturated heterocycles. The number of hydrogen-bond donors (Lipinski definition) is 1. The van der Waals surface area contributed by atoms with Crippen molar-refractivity contribution < 1.29 is 9.59 Å². The summed E-state index contributed by atoms with van der Waals surface area (Å²) in [5.41, 5.74) is 0.872. The highest BCUT2D eigenvalue weighted by atomic mass is 35.5. The van der Waals surface area contributed by atoms with Gasteiger partial charge >= 0.3 is 0 Å². The first-order chi connectivity index (χ1) is 8.70. The van der Waals surface area contributed by atoms with E-state index >= 15 is 0 Å². The van der Waals surface area contributed by atoms with E-state index in [0.717, 1.165) is 5.69 Å². The van der Waals surface area contributed by atoms with Gasteiger partial charge in [-0.25, -0.2) is 0 Å². The molecular formula is C13H15ClN2O2. The molecule has 1 atom stereocenters. The third-order valence-electron chi connectivity index (χ3n) is 2.88. The minimum atomic E-state index is -0.117. The molecule has 1 fully saturated rings. The average molecular weight is 267 g/mol. The van der Waals surface area contributed by atoms with Gasteiger partial charge in [0.1, 0.15) is 0 Å². The van der Waals surface area contributed by atoms with Gasteiger partial charge in [0.15, 0.2) is 0 Å². The molecule has 0 aromatic heterocycles. The fourth-order valence-electron chi connectivity index (χ4n) is 2.05. The SMILES string of the molecule is O=C(CCCl)N[C@H]1CC(=O)N(c2ccccc2)C1. The van der Waals surface area contributed by atoms with Crippen LogP contribution in [-0.2, 0) is 9.59 Å². The number of halogens is 1. The van der Waals surface area contributed by atoms with Gasteiger partial charge in [-0.05, 0) is 12.1 Å². The molecule has 5 heteroatoms. The van der Waals surface area contributed by atoms with Crippen LogP contribution in [0.1, 0.15) is 12.8 Å². The van der Waals surface area contributed by atoms with E-state index in [9.17, 15) is 9.59 Å². The monoisotopic (exact) mass is 266 g/mol. The Kier molecular flexibility index (Phi) is 4.20. The van der Waals surface area contributed by atoms with Gasteiger partial charge in [0.2, 0.25) is 11.8 Å². The molecule has 1 N–H and O–H groups in total. The van der Waals surface area contributed by atoms with Crippen molar-refractivity contribution in [2.24, 2.45) is 0 Å². The third-order valence-corrected chi connectivity index (χ3v) is 3.07. The zero-order chi connectivity index (χ0) is 13.0. The van der Waals surface area contributed by atoms with E-state index in [1.165, 1.54) is 0 Å². The number of hydrogen-bond acceptors (Lipinski definition) is 2. The first-order valence-corrected chi connectivity index (χ1v) is 6.45. The second-order valence-corrected chi connectivity index (χ2v) is 4.63. The number of benzene rings is 1. The topological polar surface area (TPSA) is 49.4 Å². The summed E-state index contributed by atoms with van der Waals surface area (Å²) in [7, 11) is 0. The Labute approximate surface area is 111 Å². The number of amides is 2. The molecule has 1 aliphatic rings. The highest BCUT2D eigenvalue weighted by Crippen LogP contribution is 2.20. The fraction of sp³-hybridized carbons (Fsp3) is 0.385.